The zero-order chi connectivity index (χ0) is 29.7. The van der Waals surface area contributed by atoms with Crippen molar-refractivity contribution in [3.8, 4) is 5.75 Å². The van der Waals surface area contributed by atoms with E-state index in [1.807, 2.05) is 6.92 Å². The van der Waals surface area contributed by atoms with E-state index < -0.39 is 39.3 Å². The molecule has 1 N–H and O–H groups in total. The van der Waals surface area contributed by atoms with Gasteiger partial charge in [-0.2, -0.15) is 13.2 Å². The molecular formula is C29H32F5NO4S. The van der Waals surface area contributed by atoms with Crippen molar-refractivity contribution in [2.75, 3.05) is 26.0 Å². The Morgan fingerprint density at radius 1 is 1.00 bits per heavy atom. The molecule has 0 aliphatic carbocycles. The highest BCUT2D eigenvalue weighted by molar-refractivity contribution is 7.90. The van der Waals surface area contributed by atoms with Crippen molar-refractivity contribution >= 4 is 9.84 Å². The molecule has 0 fully saturated rings. The number of ether oxygens (including phenoxy) is 1. The fourth-order valence-electron chi connectivity index (χ4n) is 4.43. The summed E-state index contributed by atoms with van der Waals surface area (Å²) in [5, 5.41) is 9.89. The molecule has 0 aliphatic heterocycles. The highest BCUT2D eigenvalue weighted by Gasteiger charge is 2.35. The Morgan fingerprint density at radius 3 is 2.27 bits per heavy atom. The summed E-state index contributed by atoms with van der Waals surface area (Å²) in [6.45, 7) is 4.07. The molecule has 11 heteroatoms. The highest BCUT2D eigenvalue weighted by Crippen LogP contribution is 2.33. The van der Waals surface area contributed by atoms with Crippen LogP contribution in [0.3, 0.4) is 0 Å². The maximum absolute atomic E-state index is 14.8. The van der Waals surface area contributed by atoms with Gasteiger partial charge >= 0.3 is 6.18 Å². The molecule has 3 aromatic carbocycles. The molecule has 0 radical (unpaired) electrons. The number of halogens is 5. The molecular weight excluding hydrogens is 553 g/mol. The van der Waals surface area contributed by atoms with Gasteiger partial charge in [0.2, 0.25) is 0 Å². The molecule has 40 heavy (non-hydrogen) atoms. The zero-order valence-electron chi connectivity index (χ0n) is 22.4. The van der Waals surface area contributed by atoms with E-state index in [0.717, 1.165) is 11.8 Å². The second-order valence-corrected chi connectivity index (χ2v) is 11.8. The predicted molar refractivity (Wildman–Crippen MR) is 142 cm³/mol. The Labute approximate surface area is 231 Å². The number of benzene rings is 3. The van der Waals surface area contributed by atoms with Crippen LogP contribution in [0.1, 0.15) is 54.5 Å². The largest absolute Gasteiger partial charge is 0.494 e. The van der Waals surface area contributed by atoms with Gasteiger partial charge in [0, 0.05) is 31.5 Å². The Balaban J connectivity index is 1.75. The normalized spacial score (nSPS) is 13.8. The number of aliphatic hydroxyl groups is 1. The maximum atomic E-state index is 14.8. The van der Waals surface area contributed by atoms with Crippen molar-refractivity contribution in [2.24, 2.45) is 0 Å². The van der Waals surface area contributed by atoms with Crippen LogP contribution in [-0.4, -0.2) is 44.4 Å². The Kier molecular flexibility index (Phi) is 10.3. The molecule has 0 saturated heterocycles. The third kappa shape index (κ3) is 8.49. The zero-order valence-corrected chi connectivity index (χ0v) is 23.2. The molecule has 3 rings (SSSR count). The summed E-state index contributed by atoms with van der Waals surface area (Å²) in [4.78, 5) is 1.75. The van der Waals surface area contributed by atoms with Crippen LogP contribution in [0.25, 0.3) is 0 Å². The number of alkyl halides is 3. The second kappa shape index (κ2) is 13.1. The fourth-order valence-corrected chi connectivity index (χ4v) is 5.43. The predicted octanol–water partition coefficient (Wildman–Crippen LogP) is 6.52. The van der Waals surface area contributed by atoms with Gasteiger partial charge in [-0.25, -0.2) is 17.2 Å². The maximum Gasteiger partial charge on any atom is 0.419 e. The molecule has 0 aromatic heterocycles. The average molecular weight is 586 g/mol. The van der Waals surface area contributed by atoms with E-state index >= 15 is 0 Å². The molecule has 2 atom stereocenters. The minimum absolute atomic E-state index is 0.0465. The van der Waals surface area contributed by atoms with E-state index in [1.165, 1.54) is 43.3 Å². The Hall–Kier alpha value is -3.02. The highest BCUT2D eigenvalue weighted by atomic mass is 32.2. The van der Waals surface area contributed by atoms with Crippen LogP contribution in [-0.2, 0) is 22.6 Å². The third-order valence-electron chi connectivity index (χ3n) is 6.47. The molecule has 0 heterocycles. The number of nitrogens with zero attached hydrogens (tertiary/aromatic N) is 1. The SMILES string of the molecule is CC(O)c1ccc(OCCCN(Cc2cccc(C(F)(F)F)c2F)CC(C)c2ccc(F)cc2)cc1S(C)(=O)=O. The van der Waals surface area contributed by atoms with Gasteiger partial charge in [-0.1, -0.05) is 37.3 Å². The quantitative estimate of drug-likeness (QED) is 0.194. The number of sulfone groups is 1. The molecule has 3 aromatic rings. The lowest BCUT2D eigenvalue weighted by molar-refractivity contribution is -0.140. The second-order valence-electron chi connectivity index (χ2n) is 9.81. The summed E-state index contributed by atoms with van der Waals surface area (Å²) < 4.78 is 98.0. The first kappa shape index (κ1) is 31.5. The van der Waals surface area contributed by atoms with E-state index in [9.17, 15) is 35.5 Å². The van der Waals surface area contributed by atoms with Crippen LogP contribution >= 0.6 is 0 Å². The molecule has 0 saturated carbocycles. The van der Waals surface area contributed by atoms with E-state index in [4.69, 9.17) is 4.74 Å². The number of hydrogen-bond acceptors (Lipinski definition) is 5. The van der Waals surface area contributed by atoms with Crippen LogP contribution in [0.15, 0.2) is 65.6 Å². The first-order valence-electron chi connectivity index (χ1n) is 12.6. The van der Waals surface area contributed by atoms with Gasteiger partial charge in [0.05, 0.1) is 23.2 Å². The minimum Gasteiger partial charge on any atom is -0.494 e. The smallest absolute Gasteiger partial charge is 0.419 e. The lowest BCUT2D eigenvalue weighted by Gasteiger charge is -2.27. The first-order chi connectivity index (χ1) is 18.7. The minimum atomic E-state index is -4.83. The summed E-state index contributed by atoms with van der Waals surface area (Å²) in [6, 6.07) is 13.4. The first-order valence-corrected chi connectivity index (χ1v) is 14.5. The lowest BCUT2D eigenvalue weighted by atomic mass is 10.00. The van der Waals surface area contributed by atoms with Gasteiger partial charge in [-0.15, -0.1) is 0 Å². The standard InChI is InChI=1S/C29H32F5NO4S/c1-19(21-8-10-23(30)11-9-21)17-35(18-22-6-4-7-26(28(22)31)29(32,33)34)14-5-15-39-24-12-13-25(20(2)36)27(16-24)40(3,37)38/h4,6-13,16,19-20,36H,5,14-15,17-18H2,1-3H3. The van der Waals surface area contributed by atoms with Gasteiger partial charge in [-0.3, -0.25) is 4.90 Å². The van der Waals surface area contributed by atoms with E-state index in [2.05, 4.69) is 0 Å². The van der Waals surface area contributed by atoms with Gasteiger partial charge in [0.15, 0.2) is 9.84 Å². The van der Waals surface area contributed by atoms with Gasteiger partial charge in [0.1, 0.15) is 17.4 Å². The number of hydrogen-bond donors (Lipinski definition) is 1. The van der Waals surface area contributed by atoms with Gasteiger partial charge in [-0.05, 0) is 60.7 Å². The van der Waals surface area contributed by atoms with Crippen molar-refractivity contribution in [3.05, 3.63) is 94.6 Å². The lowest BCUT2D eigenvalue weighted by Crippen LogP contribution is -2.30. The molecule has 218 valence electrons. The van der Waals surface area contributed by atoms with Crippen LogP contribution in [0.4, 0.5) is 22.0 Å². The average Bonchev–Trinajstić information content (AvgIpc) is 2.86. The Bertz CT molecular complexity index is 1390. The summed E-state index contributed by atoms with van der Waals surface area (Å²) in [7, 11) is -3.63. The van der Waals surface area contributed by atoms with Crippen LogP contribution in [0.2, 0.25) is 0 Å². The summed E-state index contributed by atoms with van der Waals surface area (Å²) in [5.41, 5.74) is -0.367. The summed E-state index contributed by atoms with van der Waals surface area (Å²) in [6.07, 6.45) is -4.39. The van der Waals surface area contributed by atoms with E-state index in [0.29, 0.717) is 25.6 Å². The molecule has 5 nitrogen and oxygen atoms in total. The van der Waals surface area contributed by atoms with Crippen LogP contribution in [0.5, 0.6) is 5.75 Å². The van der Waals surface area contributed by atoms with Crippen molar-refractivity contribution in [3.63, 3.8) is 0 Å². The molecule has 0 bridgehead atoms. The number of aliphatic hydroxyl groups excluding tert-OH is 1. The van der Waals surface area contributed by atoms with Crippen LogP contribution < -0.4 is 4.74 Å². The topological polar surface area (TPSA) is 66.8 Å². The molecule has 2 unspecified atom stereocenters. The van der Waals surface area contributed by atoms with Crippen LogP contribution in [0, 0.1) is 11.6 Å². The summed E-state index contributed by atoms with van der Waals surface area (Å²) >= 11 is 0. The van der Waals surface area contributed by atoms with E-state index in [-0.39, 0.29) is 40.8 Å². The van der Waals surface area contributed by atoms with Crippen molar-refractivity contribution in [2.45, 2.75) is 49.9 Å². The van der Waals surface area contributed by atoms with Crippen molar-refractivity contribution in [1.29, 1.82) is 0 Å². The van der Waals surface area contributed by atoms with Gasteiger partial charge < -0.3 is 9.84 Å². The van der Waals surface area contributed by atoms with Gasteiger partial charge in [0.25, 0.3) is 0 Å². The number of rotatable bonds is 12. The van der Waals surface area contributed by atoms with Crippen molar-refractivity contribution in [1.82, 2.24) is 4.90 Å². The molecule has 0 aliphatic rings. The fraction of sp³-hybridized carbons (Fsp3) is 0.379. The van der Waals surface area contributed by atoms with Crippen molar-refractivity contribution < 1.29 is 40.2 Å². The summed E-state index contributed by atoms with van der Waals surface area (Å²) in [5.74, 6) is -1.57. The molecule has 0 amide bonds. The van der Waals surface area contributed by atoms with E-state index in [1.54, 1.807) is 23.1 Å². The monoisotopic (exact) mass is 585 g/mol. The Morgan fingerprint density at radius 2 is 1.68 bits per heavy atom. The molecule has 0 spiro atoms. The third-order valence-corrected chi connectivity index (χ3v) is 7.62.